The minimum Gasteiger partial charge on any atom is -0.366 e. The number of nitrogens with one attached hydrogen (secondary N) is 2. The smallest absolute Gasteiger partial charge is 0.238 e. The summed E-state index contributed by atoms with van der Waals surface area (Å²) < 4.78 is 12.9. The molecule has 0 atom stereocenters. The topological polar surface area (TPSA) is 64.3 Å². The van der Waals surface area contributed by atoms with Gasteiger partial charge in [0.25, 0.3) is 0 Å². The monoisotopic (exact) mass is 331 g/mol. The van der Waals surface area contributed by atoms with Gasteiger partial charge in [0, 0.05) is 31.9 Å². The van der Waals surface area contributed by atoms with E-state index in [1.54, 1.807) is 12.1 Å². The Labute approximate surface area is 140 Å². The van der Waals surface area contributed by atoms with Gasteiger partial charge in [-0.05, 0) is 38.1 Å². The lowest BCUT2D eigenvalue weighted by molar-refractivity contribution is -0.117. The Morgan fingerprint density at radius 2 is 1.88 bits per heavy atom. The minimum atomic E-state index is -0.311. The highest BCUT2D eigenvalue weighted by atomic mass is 19.1. The number of aryl methyl sites for hydroxylation is 2. The number of benzene rings is 1. The van der Waals surface area contributed by atoms with Crippen molar-refractivity contribution in [2.24, 2.45) is 0 Å². The van der Waals surface area contributed by atoms with Crippen molar-refractivity contribution in [3.05, 3.63) is 41.5 Å². The third-order valence-electron chi connectivity index (χ3n) is 4.27. The van der Waals surface area contributed by atoms with Gasteiger partial charge in [0.05, 0.1) is 23.6 Å². The van der Waals surface area contributed by atoms with Crippen molar-refractivity contribution in [3.8, 4) is 0 Å². The van der Waals surface area contributed by atoms with Crippen molar-refractivity contribution in [2.45, 2.75) is 13.8 Å². The van der Waals surface area contributed by atoms with E-state index in [0.29, 0.717) is 12.2 Å². The van der Waals surface area contributed by atoms with Crippen LogP contribution in [-0.4, -0.2) is 53.7 Å². The van der Waals surface area contributed by atoms with Crippen molar-refractivity contribution >= 4 is 17.3 Å². The Bertz CT molecular complexity index is 685. The molecule has 1 amide bonds. The number of aromatic amines is 1. The van der Waals surface area contributed by atoms with E-state index in [-0.39, 0.29) is 11.7 Å². The molecule has 128 valence electrons. The average molecular weight is 331 g/mol. The molecule has 1 saturated heterocycles. The van der Waals surface area contributed by atoms with Crippen molar-refractivity contribution in [3.63, 3.8) is 0 Å². The molecule has 3 rings (SSSR count). The summed E-state index contributed by atoms with van der Waals surface area (Å²) in [7, 11) is 0. The lowest BCUT2D eigenvalue weighted by atomic mass is 10.2. The number of halogens is 1. The van der Waals surface area contributed by atoms with Crippen LogP contribution in [0.1, 0.15) is 11.4 Å². The molecule has 6 nitrogen and oxygen atoms in total. The van der Waals surface area contributed by atoms with Gasteiger partial charge in [0.2, 0.25) is 5.91 Å². The summed E-state index contributed by atoms with van der Waals surface area (Å²) in [6.07, 6.45) is 0. The molecule has 2 heterocycles. The summed E-state index contributed by atoms with van der Waals surface area (Å²) in [5.74, 6) is -0.389. The first kappa shape index (κ1) is 16.4. The summed E-state index contributed by atoms with van der Waals surface area (Å²) in [6.45, 7) is 7.74. The average Bonchev–Trinajstić information content (AvgIpc) is 2.89. The van der Waals surface area contributed by atoms with Gasteiger partial charge in [0.1, 0.15) is 5.82 Å². The number of nitrogens with zero attached hydrogens (tertiary/aromatic N) is 3. The highest BCUT2D eigenvalue weighted by Gasteiger charge is 2.22. The number of amides is 1. The normalized spacial score (nSPS) is 15.5. The van der Waals surface area contributed by atoms with Gasteiger partial charge in [-0.1, -0.05) is 0 Å². The first-order valence-electron chi connectivity index (χ1n) is 8.07. The summed E-state index contributed by atoms with van der Waals surface area (Å²) in [6, 6.07) is 5.80. The van der Waals surface area contributed by atoms with E-state index in [1.807, 2.05) is 13.8 Å². The van der Waals surface area contributed by atoms with E-state index < -0.39 is 0 Å². The van der Waals surface area contributed by atoms with Gasteiger partial charge in [-0.2, -0.15) is 5.10 Å². The Hall–Kier alpha value is -2.41. The molecule has 1 aliphatic heterocycles. The van der Waals surface area contributed by atoms with E-state index in [9.17, 15) is 9.18 Å². The van der Waals surface area contributed by atoms with Gasteiger partial charge in [-0.15, -0.1) is 0 Å². The van der Waals surface area contributed by atoms with E-state index in [1.165, 1.54) is 17.8 Å². The Morgan fingerprint density at radius 3 is 2.46 bits per heavy atom. The van der Waals surface area contributed by atoms with Crippen molar-refractivity contribution in [1.29, 1.82) is 0 Å². The van der Waals surface area contributed by atoms with E-state index in [2.05, 4.69) is 25.3 Å². The van der Waals surface area contributed by atoms with Crippen LogP contribution in [0.2, 0.25) is 0 Å². The van der Waals surface area contributed by atoms with E-state index in [0.717, 1.165) is 37.6 Å². The second-order valence-electron chi connectivity index (χ2n) is 6.10. The van der Waals surface area contributed by atoms with Crippen molar-refractivity contribution in [1.82, 2.24) is 15.1 Å². The molecular formula is C17H22FN5O. The summed E-state index contributed by atoms with van der Waals surface area (Å²) >= 11 is 0. The van der Waals surface area contributed by atoms with Gasteiger partial charge in [0.15, 0.2) is 0 Å². The zero-order chi connectivity index (χ0) is 17.1. The zero-order valence-corrected chi connectivity index (χ0v) is 14.0. The number of hydrogen-bond acceptors (Lipinski definition) is 4. The van der Waals surface area contributed by atoms with Crippen LogP contribution in [0.4, 0.5) is 15.8 Å². The number of hydrogen-bond donors (Lipinski definition) is 2. The van der Waals surface area contributed by atoms with Crippen LogP contribution >= 0.6 is 0 Å². The SMILES string of the molecule is Cc1n[nH]c(C)c1N1CCN(CC(=O)Nc2ccc(F)cc2)CC1. The van der Waals surface area contributed by atoms with Crippen LogP contribution in [0.3, 0.4) is 0 Å². The molecule has 0 saturated carbocycles. The summed E-state index contributed by atoms with van der Waals surface area (Å²) in [4.78, 5) is 16.5. The summed E-state index contributed by atoms with van der Waals surface area (Å²) in [5, 5.41) is 10.1. The molecule has 2 N–H and O–H groups in total. The van der Waals surface area contributed by atoms with Gasteiger partial charge < -0.3 is 10.2 Å². The van der Waals surface area contributed by atoms with Crippen molar-refractivity contribution in [2.75, 3.05) is 42.9 Å². The molecule has 1 fully saturated rings. The number of anilines is 2. The fourth-order valence-corrected chi connectivity index (χ4v) is 3.08. The Balaban J connectivity index is 1.50. The van der Waals surface area contributed by atoms with Crippen LogP contribution in [0, 0.1) is 19.7 Å². The molecule has 0 spiro atoms. The molecule has 1 aromatic heterocycles. The maximum absolute atomic E-state index is 12.9. The Morgan fingerprint density at radius 1 is 1.21 bits per heavy atom. The third-order valence-corrected chi connectivity index (χ3v) is 4.27. The maximum Gasteiger partial charge on any atom is 0.238 e. The quantitative estimate of drug-likeness (QED) is 0.898. The molecular weight excluding hydrogens is 309 g/mol. The van der Waals surface area contributed by atoms with Crippen LogP contribution in [0.15, 0.2) is 24.3 Å². The first-order valence-corrected chi connectivity index (χ1v) is 8.07. The molecule has 0 bridgehead atoms. The van der Waals surface area contributed by atoms with Gasteiger partial charge >= 0.3 is 0 Å². The number of piperazine rings is 1. The number of H-pyrrole nitrogens is 1. The second-order valence-corrected chi connectivity index (χ2v) is 6.10. The second kappa shape index (κ2) is 7.00. The van der Waals surface area contributed by atoms with Crippen LogP contribution in [0.5, 0.6) is 0 Å². The standard InChI is InChI=1S/C17H22FN5O/c1-12-17(13(2)21-20-12)23-9-7-22(8-10-23)11-16(24)19-15-5-3-14(18)4-6-15/h3-6H,7-11H2,1-2H3,(H,19,24)(H,20,21). The fourth-order valence-electron chi connectivity index (χ4n) is 3.08. The van der Waals surface area contributed by atoms with Crippen LogP contribution in [-0.2, 0) is 4.79 Å². The number of rotatable bonds is 4. The molecule has 0 unspecified atom stereocenters. The Kier molecular flexibility index (Phi) is 4.80. The van der Waals surface area contributed by atoms with Crippen LogP contribution in [0.25, 0.3) is 0 Å². The largest absolute Gasteiger partial charge is 0.366 e. The fraction of sp³-hybridized carbons (Fsp3) is 0.412. The van der Waals surface area contributed by atoms with Gasteiger partial charge in [-0.25, -0.2) is 4.39 Å². The number of aromatic nitrogens is 2. The predicted molar refractivity (Wildman–Crippen MR) is 91.7 cm³/mol. The molecule has 0 radical (unpaired) electrons. The molecule has 1 aromatic carbocycles. The predicted octanol–water partition coefficient (Wildman–Crippen LogP) is 1.93. The number of carbonyl (C=O) groups is 1. The van der Waals surface area contributed by atoms with E-state index in [4.69, 9.17) is 0 Å². The zero-order valence-electron chi connectivity index (χ0n) is 14.0. The van der Waals surface area contributed by atoms with Crippen molar-refractivity contribution < 1.29 is 9.18 Å². The lowest BCUT2D eigenvalue weighted by Crippen LogP contribution is -2.49. The highest BCUT2D eigenvalue weighted by Crippen LogP contribution is 2.23. The lowest BCUT2D eigenvalue weighted by Gasteiger charge is -2.35. The highest BCUT2D eigenvalue weighted by molar-refractivity contribution is 5.92. The summed E-state index contributed by atoms with van der Waals surface area (Å²) in [5.41, 5.74) is 3.88. The van der Waals surface area contributed by atoms with Crippen LogP contribution < -0.4 is 10.2 Å². The van der Waals surface area contributed by atoms with Gasteiger partial charge in [-0.3, -0.25) is 14.8 Å². The van der Waals surface area contributed by atoms with E-state index >= 15 is 0 Å². The molecule has 7 heteroatoms. The molecule has 0 aliphatic carbocycles. The maximum atomic E-state index is 12.9. The minimum absolute atomic E-state index is 0.0780. The number of carbonyl (C=O) groups excluding carboxylic acids is 1. The molecule has 2 aromatic rings. The molecule has 24 heavy (non-hydrogen) atoms. The molecule has 1 aliphatic rings. The first-order chi connectivity index (χ1) is 11.5. The third kappa shape index (κ3) is 3.73.